The number of carbonyl (C=O) groups excluding carboxylic acids is 2. The molecule has 2 amide bonds. The van der Waals surface area contributed by atoms with Gasteiger partial charge in [0.1, 0.15) is 5.50 Å². The average molecular weight is 531 g/mol. The Bertz CT molecular complexity index is 784. The molecular formula is C22H39ClN8O3S. The first-order valence-electron chi connectivity index (χ1n) is 12.7. The van der Waals surface area contributed by atoms with Crippen molar-refractivity contribution >= 4 is 35.2 Å². The second-order valence-corrected chi connectivity index (χ2v) is 12.4. The largest absolute Gasteiger partial charge is 0.380 e. The fourth-order valence-corrected chi connectivity index (χ4v) is 8.01. The van der Waals surface area contributed by atoms with E-state index in [9.17, 15) is 9.59 Å². The van der Waals surface area contributed by atoms with Crippen LogP contribution in [0.1, 0.15) is 19.8 Å². The molecule has 11 nitrogen and oxygen atoms in total. The van der Waals surface area contributed by atoms with Gasteiger partial charge in [0, 0.05) is 57.7 Å². The monoisotopic (exact) mass is 530 g/mol. The predicted molar refractivity (Wildman–Crippen MR) is 135 cm³/mol. The van der Waals surface area contributed by atoms with Gasteiger partial charge >= 0.3 is 0 Å². The normalized spacial score (nSPS) is 44.4. The number of thioether (sulfide) groups is 1. The van der Waals surface area contributed by atoms with Crippen molar-refractivity contribution in [1.82, 2.24) is 41.9 Å². The van der Waals surface area contributed by atoms with Gasteiger partial charge in [0.15, 0.2) is 6.17 Å². The van der Waals surface area contributed by atoms with Gasteiger partial charge in [-0.3, -0.25) is 25.5 Å². The van der Waals surface area contributed by atoms with Crippen molar-refractivity contribution in [3.05, 3.63) is 0 Å². The highest BCUT2D eigenvalue weighted by Crippen LogP contribution is 2.38. The molecule has 0 aromatic heterocycles. The van der Waals surface area contributed by atoms with E-state index in [0.717, 1.165) is 12.8 Å². The van der Waals surface area contributed by atoms with Gasteiger partial charge in [-0.15, -0.1) is 23.4 Å². The first-order valence-corrected chi connectivity index (χ1v) is 14.0. The summed E-state index contributed by atoms with van der Waals surface area (Å²) in [6.07, 6.45) is 1.42. The number of nitrogens with zero attached hydrogens (tertiary/aromatic N) is 2. The lowest BCUT2D eigenvalue weighted by Crippen LogP contribution is -2.57. The van der Waals surface area contributed by atoms with E-state index < -0.39 is 0 Å². The van der Waals surface area contributed by atoms with Crippen molar-refractivity contribution in [3.63, 3.8) is 0 Å². The Balaban J connectivity index is 1.16. The summed E-state index contributed by atoms with van der Waals surface area (Å²) in [5.41, 5.74) is 2.90. The van der Waals surface area contributed by atoms with Gasteiger partial charge in [-0.2, -0.15) is 0 Å². The Morgan fingerprint density at radius 2 is 1.94 bits per heavy atom. The summed E-state index contributed by atoms with van der Waals surface area (Å²) in [6.45, 7) is 5.53. The highest BCUT2D eigenvalue weighted by Gasteiger charge is 2.47. The third-order valence-electron chi connectivity index (χ3n) is 8.17. The Morgan fingerprint density at radius 3 is 2.66 bits per heavy atom. The molecule has 0 bridgehead atoms. The summed E-state index contributed by atoms with van der Waals surface area (Å²) in [4.78, 5) is 28.2. The van der Waals surface area contributed by atoms with Crippen LogP contribution in [0.15, 0.2) is 0 Å². The van der Waals surface area contributed by atoms with Gasteiger partial charge in [0.2, 0.25) is 5.91 Å². The van der Waals surface area contributed by atoms with Gasteiger partial charge in [-0.25, -0.2) is 10.4 Å². The van der Waals surface area contributed by atoms with Gasteiger partial charge in [-0.05, 0) is 31.6 Å². The van der Waals surface area contributed by atoms with Crippen LogP contribution in [0.4, 0.5) is 0 Å². The molecule has 5 rings (SSSR count). The van der Waals surface area contributed by atoms with E-state index in [1.807, 2.05) is 17.0 Å². The molecule has 5 aliphatic rings. The summed E-state index contributed by atoms with van der Waals surface area (Å²) in [6, 6.07) is 0.531. The van der Waals surface area contributed by atoms with Crippen LogP contribution < -0.4 is 32.0 Å². The highest BCUT2D eigenvalue weighted by molar-refractivity contribution is 8.00. The van der Waals surface area contributed by atoms with Crippen LogP contribution in [-0.4, -0.2) is 109 Å². The Kier molecular flexibility index (Phi) is 8.12. The molecule has 13 heteroatoms. The van der Waals surface area contributed by atoms with Crippen molar-refractivity contribution in [2.75, 3.05) is 47.0 Å². The summed E-state index contributed by atoms with van der Waals surface area (Å²) < 4.78 is 5.79. The lowest BCUT2D eigenvalue weighted by atomic mass is 9.70. The zero-order chi connectivity index (χ0) is 24.7. The Hall–Kier alpha value is -0.700. The van der Waals surface area contributed by atoms with Gasteiger partial charge in [-0.1, -0.05) is 0 Å². The third-order valence-corrected chi connectivity index (χ3v) is 9.86. The molecule has 0 spiro atoms. The van der Waals surface area contributed by atoms with Crippen molar-refractivity contribution in [1.29, 1.82) is 0 Å². The lowest BCUT2D eigenvalue weighted by molar-refractivity contribution is -0.133. The molecule has 0 aromatic rings. The van der Waals surface area contributed by atoms with Crippen molar-refractivity contribution in [3.8, 4) is 0 Å². The van der Waals surface area contributed by atoms with Crippen LogP contribution in [-0.2, 0) is 14.3 Å². The molecule has 10 atom stereocenters. The molecule has 10 unspecified atom stereocenters. The van der Waals surface area contributed by atoms with Crippen LogP contribution in [0.5, 0.6) is 0 Å². The van der Waals surface area contributed by atoms with E-state index in [-0.39, 0.29) is 64.1 Å². The Labute approximate surface area is 216 Å². The molecule has 35 heavy (non-hydrogen) atoms. The minimum absolute atomic E-state index is 0.0566. The maximum absolute atomic E-state index is 13.5. The van der Waals surface area contributed by atoms with E-state index >= 15 is 0 Å². The SMILES string of the molecule is COC1CNC(Cl)CC1C1CC(C)NCC1C(=O)NC1NC2CN(C(=O)C3NCN(C)N3)CC2S1. The topological polar surface area (TPSA) is 122 Å². The fraction of sp³-hybridized carbons (Fsp3) is 0.909. The molecule has 0 saturated carbocycles. The molecule has 0 aromatic carbocycles. The first-order chi connectivity index (χ1) is 16.8. The van der Waals surface area contributed by atoms with E-state index in [4.69, 9.17) is 16.3 Å². The smallest absolute Gasteiger partial charge is 0.255 e. The van der Waals surface area contributed by atoms with E-state index in [2.05, 4.69) is 38.9 Å². The second-order valence-electron chi connectivity index (χ2n) is 10.6. The maximum Gasteiger partial charge on any atom is 0.255 e. The van der Waals surface area contributed by atoms with Crippen LogP contribution >= 0.6 is 23.4 Å². The number of hydrogen-bond donors (Lipinski definition) is 6. The zero-order valence-corrected chi connectivity index (χ0v) is 22.2. The lowest BCUT2D eigenvalue weighted by Gasteiger charge is -2.45. The number of alkyl halides is 1. The number of carbonyl (C=O) groups is 2. The van der Waals surface area contributed by atoms with Crippen LogP contribution in [0.2, 0.25) is 0 Å². The van der Waals surface area contributed by atoms with E-state index in [0.29, 0.717) is 38.9 Å². The third kappa shape index (κ3) is 5.60. The minimum Gasteiger partial charge on any atom is -0.380 e. The van der Waals surface area contributed by atoms with Gasteiger partial charge in [0.25, 0.3) is 5.91 Å². The maximum atomic E-state index is 13.5. The number of amides is 2. The number of ether oxygens (including phenoxy) is 1. The number of piperidine rings is 2. The van der Waals surface area contributed by atoms with Gasteiger partial charge < -0.3 is 20.3 Å². The molecule has 5 fully saturated rings. The molecule has 5 aliphatic heterocycles. The summed E-state index contributed by atoms with van der Waals surface area (Å²) in [5, 5.41) is 18.9. The first kappa shape index (κ1) is 25.9. The van der Waals surface area contributed by atoms with Gasteiger partial charge in [0.05, 0.1) is 24.2 Å². The Morgan fingerprint density at radius 1 is 1.11 bits per heavy atom. The number of methoxy groups -OCH3 is 1. The quantitative estimate of drug-likeness (QED) is 0.184. The fourth-order valence-electron chi connectivity index (χ4n) is 6.31. The molecule has 0 radical (unpaired) electrons. The van der Waals surface area contributed by atoms with Crippen molar-refractivity contribution in [2.24, 2.45) is 17.8 Å². The highest BCUT2D eigenvalue weighted by atomic mass is 35.5. The predicted octanol–water partition coefficient (Wildman–Crippen LogP) is -1.57. The molecule has 5 heterocycles. The number of nitrogens with one attached hydrogen (secondary N) is 6. The number of hydrazine groups is 1. The standard InChI is InChI=1S/C22H39ClN8O3S/c1-11-4-12(13-5-18(23)25-7-16(13)34-3)14(6-24-11)20(32)28-22-27-15-8-31(9-17(15)35-22)21(33)19-26-10-30(2)29-19/h11-19,22,24-27,29H,4-10H2,1-3H3,(H,28,32). The summed E-state index contributed by atoms with van der Waals surface area (Å²) >= 11 is 8.17. The van der Waals surface area contributed by atoms with E-state index in [1.54, 1.807) is 18.9 Å². The van der Waals surface area contributed by atoms with Crippen molar-refractivity contribution < 1.29 is 14.3 Å². The zero-order valence-electron chi connectivity index (χ0n) is 20.6. The number of rotatable bonds is 5. The number of fused-ring (bicyclic) bond motifs is 1. The number of hydrogen-bond acceptors (Lipinski definition) is 10. The summed E-state index contributed by atoms with van der Waals surface area (Å²) in [5.74, 6) is 0.471. The van der Waals surface area contributed by atoms with E-state index in [1.165, 1.54) is 0 Å². The number of likely N-dealkylation sites (tertiary alicyclic amines) is 1. The minimum atomic E-state index is -0.365. The average Bonchev–Trinajstić information content (AvgIpc) is 3.53. The van der Waals surface area contributed by atoms with Crippen LogP contribution in [0.25, 0.3) is 0 Å². The number of halogens is 1. The van der Waals surface area contributed by atoms with Crippen LogP contribution in [0.3, 0.4) is 0 Å². The van der Waals surface area contributed by atoms with Crippen molar-refractivity contribution in [2.45, 2.75) is 60.4 Å². The molecule has 198 valence electrons. The molecule has 0 aliphatic carbocycles. The van der Waals surface area contributed by atoms with Crippen LogP contribution in [0, 0.1) is 17.8 Å². The molecule has 5 saturated heterocycles. The molecular weight excluding hydrogens is 492 g/mol. The molecule has 6 N–H and O–H groups in total. The second kappa shape index (κ2) is 11.0. The summed E-state index contributed by atoms with van der Waals surface area (Å²) in [7, 11) is 3.65.